The van der Waals surface area contributed by atoms with Gasteiger partial charge in [0.2, 0.25) is 11.8 Å². The van der Waals surface area contributed by atoms with Crippen molar-refractivity contribution in [1.82, 2.24) is 33.8 Å². The minimum Gasteiger partial charge on any atom is -0.349 e. The van der Waals surface area contributed by atoms with E-state index in [2.05, 4.69) is 31.9 Å². The van der Waals surface area contributed by atoms with Gasteiger partial charge in [0.25, 0.3) is 40.9 Å². The van der Waals surface area contributed by atoms with Crippen molar-refractivity contribution in [2.24, 2.45) is 39.7 Å². The lowest BCUT2D eigenvalue weighted by molar-refractivity contribution is -0.394. The van der Waals surface area contributed by atoms with Crippen LogP contribution in [0.15, 0.2) is 67.3 Å². The van der Waals surface area contributed by atoms with Gasteiger partial charge < -0.3 is 66.5 Å². The van der Waals surface area contributed by atoms with Gasteiger partial charge in [0, 0.05) is 91.3 Å². The number of non-ortho nitro benzene ring substituents is 2. The predicted octanol–water partition coefficient (Wildman–Crippen LogP) is 0.458. The first-order valence-corrected chi connectivity index (χ1v) is 19.4. The highest BCUT2D eigenvalue weighted by atomic mass is 16.6. The van der Waals surface area contributed by atoms with E-state index in [0.29, 0.717) is 17.4 Å². The molecule has 10 N–H and O–H groups in total. The third kappa shape index (κ3) is 11.8. The molecule has 65 heavy (non-hydrogen) atoms. The molecule has 0 aliphatic rings. The van der Waals surface area contributed by atoms with E-state index in [-0.39, 0.29) is 73.4 Å². The highest BCUT2D eigenvalue weighted by Gasteiger charge is 2.25. The van der Waals surface area contributed by atoms with Crippen molar-refractivity contribution in [2.45, 2.75) is 0 Å². The molecule has 0 spiro atoms. The molecule has 7 amide bonds. The van der Waals surface area contributed by atoms with Crippen LogP contribution < -0.4 is 43.4 Å². The van der Waals surface area contributed by atoms with Crippen LogP contribution in [-0.4, -0.2) is 114 Å². The SMILES string of the molecule is Cn1cc(NC(=O)c2cc(NC(=O)CN)cn2C)cc1C(=O)NCCN(CCNC(=O)c1cc(NC(=O)c2cc(NC(=O)CN)cn2C)cn1C)C(=O)c1cc([N+](=O)[O-])cc([N+](=O)[O-])c1. The van der Waals surface area contributed by atoms with Gasteiger partial charge in [-0.15, -0.1) is 0 Å². The molecule has 0 fully saturated rings. The van der Waals surface area contributed by atoms with Gasteiger partial charge in [0.15, 0.2) is 0 Å². The summed E-state index contributed by atoms with van der Waals surface area (Å²) in [5, 5.41) is 39.0. The molecule has 0 saturated carbocycles. The highest BCUT2D eigenvalue weighted by molar-refractivity contribution is 6.06. The fraction of sp³-hybridized carbons (Fsp3) is 0.256. The third-order valence-electron chi connectivity index (χ3n) is 9.60. The first-order chi connectivity index (χ1) is 30.8. The van der Waals surface area contributed by atoms with Crippen molar-refractivity contribution in [3.8, 4) is 0 Å². The maximum Gasteiger partial charge on any atom is 0.277 e. The molecule has 4 heterocycles. The van der Waals surface area contributed by atoms with Gasteiger partial charge in [-0.3, -0.25) is 53.8 Å². The van der Waals surface area contributed by atoms with Gasteiger partial charge in [0.05, 0.1) is 57.3 Å². The number of nitro benzene ring substituents is 2. The number of benzene rings is 1. The average molecular weight is 900 g/mol. The van der Waals surface area contributed by atoms with E-state index in [1.165, 1.54) is 67.3 Å². The zero-order chi connectivity index (χ0) is 47.7. The second-order valence-electron chi connectivity index (χ2n) is 14.4. The Morgan fingerprint density at radius 3 is 1.17 bits per heavy atom. The molecular weight excluding hydrogens is 855 g/mol. The molecular formula is C39H45N15O11. The maximum absolute atomic E-state index is 13.8. The standard InChI is InChI=1S/C39H45N15O11/c1-48-20-25(46-37(59)31-11-23(18-50(31)3)44-33(55)16-40)13-29(48)35(57)42-5-7-52(39(61)22-9-27(53(62)63)15-28(10-22)54(64)65)8-6-43-36(58)30-14-26(21-49(30)2)47-38(60)32-12-24(19-51(32)4)45-34(56)17-41/h9-15,18-21H,5-8,16-17,40-41H2,1-4H3,(H,42,57)(H,43,58)(H,44,55)(H,45,56)(H,46,59)(H,47,60). The summed E-state index contributed by atoms with van der Waals surface area (Å²) >= 11 is 0. The lowest BCUT2D eigenvalue weighted by Gasteiger charge is -2.23. The number of anilines is 4. The Hall–Kier alpha value is -8.65. The van der Waals surface area contributed by atoms with Crippen LogP contribution >= 0.6 is 0 Å². The first-order valence-electron chi connectivity index (χ1n) is 19.4. The van der Waals surface area contributed by atoms with Crippen LogP contribution in [0.1, 0.15) is 52.3 Å². The number of aromatic nitrogens is 4. The Kier molecular flexibility index (Phi) is 14.9. The Bertz CT molecular complexity index is 2540. The van der Waals surface area contributed by atoms with E-state index in [4.69, 9.17) is 11.5 Å². The van der Waals surface area contributed by atoms with E-state index in [9.17, 15) is 53.8 Å². The number of amides is 7. The summed E-state index contributed by atoms with van der Waals surface area (Å²) in [6, 6.07) is 8.14. The molecule has 342 valence electrons. The number of carbonyl (C=O) groups is 7. The van der Waals surface area contributed by atoms with Crippen molar-refractivity contribution >= 4 is 75.5 Å². The second-order valence-corrected chi connectivity index (χ2v) is 14.4. The molecule has 0 atom stereocenters. The molecule has 0 aliphatic heterocycles. The molecule has 0 radical (unpaired) electrons. The van der Waals surface area contributed by atoms with Crippen molar-refractivity contribution in [2.75, 3.05) is 60.5 Å². The van der Waals surface area contributed by atoms with Crippen LogP contribution in [0.2, 0.25) is 0 Å². The van der Waals surface area contributed by atoms with Crippen LogP contribution in [0, 0.1) is 20.2 Å². The molecule has 5 aromatic rings. The summed E-state index contributed by atoms with van der Waals surface area (Å²) in [6.07, 6.45) is 6.01. The lowest BCUT2D eigenvalue weighted by atomic mass is 10.1. The van der Waals surface area contributed by atoms with Crippen molar-refractivity contribution in [3.05, 3.63) is 116 Å². The quantitative estimate of drug-likeness (QED) is 0.0413. The highest BCUT2D eigenvalue weighted by Crippen LogP contribution is 2.24. The molecule has 26 nitrogen and oxygen atoms in total. The van der Waals surface area contributed by atoms with Gasteiger partial charge >= 0.3 is 0 Å². The zero-order valence-electron chi connectivity index (χ0n) is 35.4. The topological polar surface area (TPSA) is 353 Å². The van der Waals surface area contributed by atoms with Gasteiger partial charge in [0.1, 0.15) is 22.8 Å². The van der Waals surface area contributed by atoms with E-state index in [1.807, 2.05) is 0 Å². The Labute approximate surface area is 368 Å². The normalized spacial score (nSPS) is 10.7. The number of carbonyl (C=O) groups excluding carboxylic acids is 7. The number of nitrogens with one attached hydrogen (secondary N) is 6. The van der Waals surface area contributed by atoms with Crippen molar-refractivity contribution < 1.29 is 43.4 Å². The number of hydrogen-bond donors (Lipinski definition) is 8. The summed E-state index contributed by atoms with van der Waals surface area (Å²) in [7, 11) is 6.30. The Morgan fingerprint density at radius 1 is 0.523 bits per heavy atom. The van der Waals surface area contributed by atoms with Gasteiger partial charge in [-0.1, -0.05) is 0 Å². The van der Waals surface area contributed by atoms with Gasteiger partial charge in [-0.2, -0.15) is 0 Å². The Morgan fingerprint density at radius 2 is 0.846 bits per heavy atom. The van der Waals surface area contributed by atoms with Crippen LogP contribution in [0.4, 0.5) is 34.1 Å². The van der Waals surface area contributed by atoms with Crippen LogP contribution in [0.5, 0.6) is 0 Å². The molecule has 1 aromatic carbocycles. The van der Waals surface area contributed by atoms with E-state index in [1.54, 1.807) is 28.2 Å². The summed E-state index contributed by atoms with van der Waals surface area (Å²) in [6.45, 7) is -1.38. The molecule has 0 saturated heterocycles. The summed E-state index contributed by atoms with van der Waals surface area (Å²) in [4.78, 5) is 113. The molecule has 4 aromatic heterocycles. The van der Waals surface area contributed by atoms with E-state index >= 15 is 0 Å². The van der Waals surface area contributed by atoms with Crippen LogP contribution in [-0.2, 0) is 37.8 Å². The van der Waals surface area contributed by atoms with Crippen LogP contribution in [0.3, 0.4) is 0 Å². The molecule has 26 heteroatoms. The molecule has 0 aliphatic carbocycles. The summed E-state index contributed by atoms with van der Waals surface area (Å²) < 4.78 is 5.85. The fourth-order valence-electron chi connectivity index (χ4n) is 6.47. The fourth-order valence-corrected chi connectivity index (χ4v) is 6.47. The maximum atomic E-state index is 13.8. The smallest absolute Gasteiger partial charge is 0.277 e. The number of nitrogens with zero attached hydrogens (tertiary/aromatic N) is 7. The summed E-state index contributed by atoms with van der Waals surface area (Å²) in [5.74, 6) is -4.12. The molecule has 5 rings (SSSR count). The zero-order valence-corrected chi connectivity index (χ0v) is 35.4. The predicted molar refractivity (Wildman–Crippen MR) is 233 cm³/mol. The largest absolute Gasteiger partial charge is 0.349 e. The molecule has 0 unspecified atom stereocenters. The number of nitrogens with two attached hydrogens (primary N) is 2. The second kappa shape index (κ2) is 20.5. The summed E-state index contributed by atoms with van der Waals surface area (Å²) in [5.41, 5.74) is 10.7. The van der Waals surface area contributed by atoms with Crippen molar-refractivity contribution in [1.29, 1.82) is 0 Å². The number of hydrogen-bond acceptors (Lipinski definition) is 13. The number of aryl methyl sites for hydroxylation is 4. The lowest BCUT2D eigenvalue weighted by Crippen LogP contribution is -2.43. The van der Waals surface area contributed by atoms with Gasteiger partial charge in [-0.25, -0.2) is 0 Å². The first kappa shape index (κ1) is 47.4. The number of rotatable bonds is 19. The van der Waals surface area contributed by atoms with Gasteiger partial charge in [-0.05, 0) is 24.3 Å². The third-order valence-corrected chi connectivity index (χ3v) is 9.60. The van der Waals surface area contributed by atoms with E-state index < -0.39 is 68.1 Å². The van der Waals surface area contributed by atoms with Crippen molar-refractivity contribution in [3.63, 3.8) is 0 Å². The average Bonchev–Trinajstić information content (AvgIpc) is 4.03. The Balaban J connectivity index is 1.25. The van der Waals surface area contributed by atoms with Crippen LogP contribution in [0.25, 0.3) is 0 Å². The minimum absolute atomic E-state index is 0.102. The monoisotopic (exact) mass is 899 g/mol. The number of nitro groups is 2. The van der Waals surface area contributed by atoms with E-state index in [0.717, 1.165) is 17.0 Å². The molecule has 0 bridgehead atoms. The minimum atomic E-state index is -0.887.